The summed E-state index contributed by atoms with van der Waals surface area (Å²) in [6, 6.07) is 3.88. The number of carbonyl (C=O) groups is 4. The highest BCUT2D eigenvalue weighted by atomic mass is 32.2. The highest BCUT2D eigenvalue weighted by Gasteiger charge is 2.30. The Hall–Kier alpha value is -2.74. The molecule has 4 atom stereocenters. The van der Waals surface area contributed by atoms with Crippen LogP contribution in [0.1, 0.15) is 37.7 Å². The third-order valence-electron chi connectivity index (χ3n) is 6.50. The number of nitrogens with one attached hydrogen (secondary N) is 4. The van der Waals surface area contributed by atoms with Crippen molar-refractivity contribution in [1.82, 2.24) is 20.9 Å². The molecular formula is C27H42N6O5S2. The molecule has 222 valence electrons. The number of nitrogens with two attached hydrogens (primary N) is 2. The van der Waals surface area contributed by atoms with Gasteiger partial charge >= 0.3 is 5.97 Å². The lowest BCUT2D eigenvalue weighted by molar-refractivity contribution is -0.142. The molecule has 0 aliphatic carbocycles. The van der Waals surface area contributed by atoms with Gasteiger partial charge in [0.25, 0.3) is 0 Å². The van der Waals surface area contributed by atoms with Crippen molar-refractivity contribution in [2.24, 2.45) is 11.5 Å². The molecule has 3 amide bonds. The minimum Gasteiger partial charge on any atom is -0.480 e. The number of carboxylic acids is 1. The number of aliphatic carboxylic acids is 1. The van der Waals surface area contributed by atoms with Crippen LogP contribution in [0.5, 0.6) is 0 Å². The van der Waals surface area contributed by atoms with Crippen LogP contribution >= 0.6 is 23.5 Å². The molecule has 1 aromatic carbocycles. The molecule has 11 nitrogen and oxygen atoms in total. The summed E-state index contributed by atoms with van der Waals surface area (Å²) in [7, 11) is 0. The lowest BCUT2D eigenvalue weighted by Gasteiger charge is -2.25. The van der Waals surface area contributed by atoms with Crippen molar-refractivity contribution in [2.75, 3.05) is 30.6 Å². The maximum Gasteiger partial charge on any atom is 0.326 e. The third-order valence-corrected chi connectivity index (χ3v) is 7.79. The van der Waals surface area contributed by atoms with Crippen molar-refractivity contribution in [3.8, 4) is 0 Å². The van der Waals surface area contributed by atoms with Crippen LogP contribution in [0, 0.1) is 0 Å². The van der Waals surface area contributed by atoms with E-state index in [9.17, 15) is 24.3 Å². The van der Waals surface area contributed by atoms with Gasteiger partial charge in [0.05, 0.1) is 6.04 Å². The van der Waals surface area contributed by atoms with Crippen LogP contribution in [0.2, 0.25) is 0 Å². The second-order valence-electron chi connectivity index (χ2n) is 9.54. The molecule has 13 heteroatoms. The fourth-order valence-corrected chi connectivity index (χ4v) is 5.16. The number of thioether (sulfide) groups is 2. The van der Waals surface area contributed by atoms with Crippen LogP contribution in [-0.2, 0) is 25.6 Å². The Morgan fingerprint density at radius 1 is 0.875 bits per heavy atom. The standard InChI is InChI=1S/C27H42N6O5S2/c1-39-13-10-22(31-24(34)19(29)15-17-16-30-20-8-4-3-7-18(17)20)26(36)32-21(9-5-6-12-28)25(35)33-23(27(37)38)11-14-40-2/h3-4,7-8,16,19,21-23,30H,5-6,9-15,28-29H2,1-2H3,(H,31,34)(H,32,36)(H,33,35)(H,37,38). The summed E-state index contributed by atoms with van der Waals surface area (Å²) in [6.07, 6.45) is 7.93. The van der Waals surface area contributed by atoms with Crippen LogP contribution in [0.4, 0.5) is 0 Å². The summed E-state index contributed by atoms with van der Waals surface area (Å²) in [5.41, 5.74) is 13.7. The number of H-pyrrole nitrogens is 1. The number of benzene rings is 1. The van der Waals surface area contributed by atoms with Gasteiger partial charge in [0.15, 0.2) is 0 Å². The molecule has 0 bridgehead atoms. The molecule has 9 N–H and O–H groups in total. The first-order valence-corrected chi connectivity index (χ1v) is 16.1. The molecule has 0 saturated heterocycles. The highest BCUT2D eigenvalue weighted by Crippen LogP contribution is 2.19. The first kappa shape index (κ1) is 33.5. The summed E-state index contributed by atoms with van der Waals surface area (Å²) in [6.45, 7) is 0.425. The SMILES string of the molecule is CSCCC(NC(=O)C(CCCCN)NC(=O)C(CCSC)NC(=O)C(N)Cc1c[nH]c2ccccc12)C(=O)O. The molecule has 0 aliphatic rings. The summed E-state index contributed by atoms with van der Waals surface area (Å²) in [4.78, 5) is 54.3. The fourth-order valence-electron chi connectivity index (χ4n) is 4.21. The van der Waals surface area contributed by atoms with Crippen LogP contribution in [0.3, 0.4) is 0 Å². The van der Waals surface area contributed by atoms with Crippen LogP contribution in [0.25, 0.3) is 10.9 Å². The van der Waals surface area contributed by atoms with E-state index in [-0.39, 0.29) is 19.3 Å². The van der Waals surface area contributed by atoms with E-state index in [1.54, 1.807) is 0 Å². The molecule has 40 heavy (non-hydrogen) atoms. The number of amides is 3. The van der Waals surface area contributed by atoms with E-state index in [1.165, 1.54) is 23.5 Å². The largest absolute Gasteiger partial charge is 0.480 e. The molecule has 1 aromatic heterocycles. The van der Waals surface area contributed by atoms with Gasteiger partial charge in [-0.3, -0.25) is 14.4 Å². The van der Waals surface area contributed by atoms with Gasteiger partial charge in [-0.05, 0) is 80.7 Å². The number of carbonyl (C=O) groups excluding carboxylic acids is 3. The molecule has 4 unspecified atom stereocenters. The van der Waals surface area contributed by atoms with Crippen LogP contribution < -0.4 is 27.4 Å². The summed E-state index contributed by atoms with van der Waals surface area (Å²) < 4.78 is 0. The first-order valence-electron chi connectivity index (χ1n) is 13.3. The van der Waals surface area contributed by atoms with Gasteiger partial charge in [-0.25, -0.2) is 4.79 Å². The smallest absolute Gasteiger partial charge is 0.326 e. The van der Waals surface area contributed by atoms with Gasteiger partial charge in [0.2, 0.25) is 17.7 Å². The van der Waals surface area contributed by atoms with Gasteiger partial charge in [-0.15, -0.1) is 0 Å². The lowest BCUT2D eigenvalue weighted by atomic mass is 10.0. The molecule has 2 rings (SSSR count). The van der Waals surface area contributed by atoms with E-state index in [0.29, 0.717) is 37.3 Å². The maximum atomic E-state index is 13.3. The Balaban J connectivity index is 2.10. The quantitative estimate of drug-likeness (QED) is 0.117. The number of hydrogen-bond donors (Lipinski definition) is 7. The Morgan fingerprint density at radius 3 is 2.08 bits per heavy atom. The zero-order valence-electron chi connectivity index (χ0n) is 23.1. The molecule has 0 fully saturated rings. The van der Waals surface area contributed by atoms with E-state index in [0.717, 1.165) is 16.5 Å². The van der Waals surface area contributed by atoms with Gasteiger partial charge in [0, 0.05) is 17.1 Å². The number of aromatic nitrogens is 1. The number of rotatable bonds is 19. The van der Waals surface area contributed by atoms with E-state index >= 15 is 0 Å². The minimum absolute atomic E-state index is 0.256. The number of hydrogen-bond acceptors (Lipinski definition) is 8. The van der Waals surface area contributed by atoms with Gasteiger partial charge in [0.1, 0.15) is 18.1 Å². The molecule has 0 radical (unpaired) electrons. The van der Waals surface area contributed by atoms with E-state index in [1.807, 2.05) is 43.0 Å². The zero-order valence-corrected chi connectivity index (χ0v) is 24.7. The summed E-state index contributed by atoms with van der Waals surface area (Å²) in [5, 5.41) is 18.6. The van der Waals surface area contributed by atoms with Crippen LogP contribution in [0.15, 0.2) is 30.5 Å². The van der Waals surface area contributed by atoms with E-state index in [2.05, 4.69) is 20.9 Å². The van der Waals surface area contributed by atoms with Crippen molar-refractivity contribution >= 4 is 58.1 Å². The average Bonchev–Trinajstić information content (AvgIpc) is 3.34. The van der Waals surface area contributed by atoms with Crippen molar-refractivity contribution in [3.05, 3.63) is 36.0 Å². The summed E-state index contributed by atoms with van der Waals surface area (Å²) in [5.74, 6) is -1.56. The predicted octanol–water partition coefficient (Wildman–Crippen LogP) is 1.21. The Kier molecular flexibility index (Phi) is 14.9. The molecule has 0 spiro atoms. The molecule has 0 saturated carbocycles. The maximum absolute atomic E-state index is 13.3. The summed E-state index contributed by atoms with van der Waals surface area (Å²) >= 11 is 3.00. The average molecular weight is 595 g/mol. The van der Waals surface area contributed by atoms with Crippen LogP contribution in [-0.4, -0.2) is 88.5 Å². The van der Waals surface area contributed by atoms with Crippen molar-refractivity contribution in [2.45, 2.75) is 62.7 Å². The highest BCUT2D eigenvalue weighted by molar-refractivity contribution is 7.98. The number of para-hydroxylation sites is 1. The normalized spacial score (nSPS) is 14.2. The van der Waals surface area contributed by atoms with E-state index < -0.39 is 47.9 Å². The number of fused-ring (bicyclic) bond motifs is 1. The molecule has 1 heterocycles. The fraction of sp³-hybridized carbons (Fsp3) is 0.556. The topological polar surface area (TPSA) is 192 Å². The predicted molar refractivity (Wildman–Crippen MR) is 162 cm³/mol. The van der Waals surface area contributed by atoms with Gasteiger partial charge in [-0.2, -0.15) is 23.5 Å². The minimum atomic E-state index is -1.14. The van der Waals surface area contributed by atoms with Crippen molar-refractivity contribution in [1.29, 1.82) is 0 Å². The Labute approximate surface area is 243 Å². The third kappa shape index (κ3) is 10.7. The number of carboxylic acid groups (broad SMARTS) is 1. The molecule has 0 aliphatic heterocycles. The number of unbranched alkanes of at least 4 members (excludes halogenated alkanes) is 1. The lowest BCUT2D eigenvalue weighted by Crippen LogP contribution is -2.57. The number of aromatic amines is 1. The first-order chi connectivity index (χ1) is 19.2. The van der Waals surface area contributed by atoms with Gasteiger partial charge in [-0.1, -0.05) is 18.2 Å². The van der Waals surface area contributed by atoms with E-state index in [4.69, 9.17) is 11.5 Å². The molecule has 2 aromatic rings. The second-order valence-corrected chi connectivity index (χ2v) is 11.5. The van der Waals surface area contributed by atoms with Gasteiger partial charge < -0.3 is 37.5 Å². The van der Waals surface area contributed by atoms with Crippen molar-refractivity contribution < 1.29 is 24.3 Å². The monoisotopic (exact) mass is 594 g/mol. The second kappa shape index (κ2) is 17.8. The zero-order chi connectivity index (χ0) is 29.5. The Morgan fingerprint density at radius 2 is 1.45 bits per heavy atom. The van der Waals surface area contributed by atoms with Crippen molar-refractivity contribution in [3.63, 3.8) is 0 Å². The Bertz CT molecular complexity index is 1110. The molecular weight excluding hydrogens is 552 g/mol.